The summed E-state index contributed by atoms with van der Waals surface area (Å²) in [5.41, 5.74) is 7.26. The van der Waals surface area contributed by atoms with E-state index in [1.807, 2.05) is 18.2 Å². The summed E-state index contributed by atoms with van der Waals surface area (Å²) in [6.45, 7) is 0. The molecule has 1 aliphatic carbocycles. The zero-order chi connectivity index (χ0) is 9.26. The molecule has 13 heavy (non-hydrogen) atoms. The van der Waals surface area contributed by atoms with Crippen LogP contribution in [0, 0.1) is 5.92 Å². The number of hydrogen-bond donors (Lipinski definition) is 1. The van der Waals surface area contributed by atoms with Gasteiger partial charge in [-0.2, -0.15) is 0 Å². The average molecular weight is 177 g/mol. The number of rotatable bonds is 3. The highest BCUT2D eigenvalue weighted by atomic mass is 16.5. The molecule has 70 valence electrons. The van der Waals surface area contributed by atoms with Gasteiger partial charge < -0.3 is 10.5 Å². The van der Waals surface area contributed by atoms with Crippen molar-refractivity contribution in [3.8, 4) is 5.75 Å². The van der Waals surface area contributed by atoms with E-state index in [0.29, 0.717) is 5.92 Å². The maximum atomic E-state index is 6.07. The van der Waals surface area contributed by atoms with E-state index in [9.17, 15) is 0 Å². The van der Waals surface area contributed by atoms with Crippen LogP contribution in [0.15, 0.2) is 24.3 Å². The molecule has 0 aliphatic heterocycles. The van der Waals surface area contributed by atoms with Gasteiger partial charge >= 0.3 is 0 Å². The van der Waals surface area contributed by atoms with Gasteiger partial charge in [-0.1, -0.05) is 12.1 Å². The van der Waals surface area contributed by atoms with E-state index in [1.54, 1.807) is 7.11 Å². The Labute approximate surface area is 78.7 Å². The fraction of sp³-hybridized carbons (Fsp3) is 0.455. The van der Waals surface area contributed by atoms with E-state index in [-0.39, 0.29) is 6.04 Å². The van der Waals surface area contributed by atoms with Gasteiger partial charge in [0.2, 0.25) is 0 Å². The van der Waals surface area contributed by atoms with Crippen LogP contribution >= 0.6 is 0 Å². The third-order valence-corrected chi connectivity index (χ3v) is 2.61. The van der Waals surface area contributed by atoms with Gasteiger partial charge in [0.1, 0.15) is 5.75 Å². The molecule has 0 amide bonds. The molecule has 1 fully saturated rings. The molecule has 2 nitrogen and oxygen atoms in total. The molecular weight excluding hydrogens is 162 g/mol. The number of methoxy groups -OCH3 is 1. The molecule has 0 spiro atoms. The third kappa shape index (κ3) is 1.83. The Morgan fingerprint density at radius 2 is 2.23 bits per heavy atom. The van der Waals surface area contributed by atoms with Crippen molar-refractivity contribution < 1.29 is 4.74 Å². The number of benzene rings is 1. The fourth-order valence-corrected chi connectivity index (χ4v) is 1.58. The Kier molecular flexibility index (Phi) is 2.23. The van der Waals surface area contributed by atoms with Crippen molar-refractivity contribution in [3.05, 3.63) is 29.8 Å². The number of nitrogens with two attached hydrogens (primary N) is 1. The second-order valence-electron chi connectivity index (χ2n) is 3.64. The van der Waals surface area contributed by atoms with Gasteiger partial charge in [0.25, 0.3) is 0 Å². The van der Waals surface area contributed by atoms with E-state index in [0.717, 1.165) is 5.75 Å². The van der Waals surface area contributed by atoms with Crippen molar-refractivity contribution in [1.82, 2.24) is 0 Å². The summed E-state index contributed by atoms with van der Waals surface area (Å²) in [4.78, 5) is 0. The van der Waals surface area contributed by atoms with Crippen molar-refractivity contribution >= 4 is 0 Å². The lowest BCUT2D eigenvalue weighted by Crippen LogP contribution is -2.12. The lowest BCUT2D eigenvalue weighted by Gasteiger charge is -2.11. The SMILES string of the molecule is COc1cccc(C(N)C2CC2)c1. The molecule has 1 aromatic rings. The van der Waals surface area contributed by atoms with E-state index in [2.05, 4.69) is 6.07 Å². The maximum Gasteiger partial charge on any atom is 0.119 e. The molecule has 1 atom stereocenters. The topological polar surface area (TPSA) is 35.2 Å². The predicted octanol–water partition coefficient (Wildman–Crippen LogP) is 2.10. The Hall–Kier alpha value is -1.02. The summed E-state index contributed by atoms with van der Waals surface area (Å²) in [5.74, 6) is 1.60. The van der Waals surface area contributed by atoms with Crippen molar-refractivity contribution in [3.63, 3.8) is 0 Å². The standard InChI is InChI=1S/C11H15NO/c1-13-10-4-2-3-9(7-10)11(12)8-5-6-8/h2-4,7-8,11H,5-6,12H2,1H3. The monoisotopic (exact) mass is 177 g/mol. The molecule has 1 saturated carbocycles. The van der Waals surface area contributed by atoms with Crippen molar-refractivity contribution in [1.29, 1.82) is 0 Å². The number of ether oxygens (including phenoxy) is 1. The Morgan fingerprint density at radius 3 is 2.85 bits per heavy atom. The van der Waals surface area contributed by atoms with Gasteiger partial charge in [0.15, 0.2) is 0 Å². The highest BCUT2D eigenvalue weighted by molar-refractivity contribution is 5.31. The summed E-state index contributed by atoms with van der Waals surface area (Å²) >= 11 is 0. The molecule has 0 bridgehead atoms. The maximum absolute atomic E-state index is 6.07. The van der Waals surface area contributed by atoms with Crippen LogP contribution in [0.3, 0.4) is 0 Å². The largest absolute Gasteiger partial charge is 0.497 e. The summed E-state index contributed by atoms with van der Waals surface area (Å²) in [5, 5.41) is 0. The fourth-order valence-electron chi connectivity index (χ4n) is 1.58. The van der Waals surface area contributed by atoms with Gasteiger partial charge in [-0.05, 0) is 36.5 Å². The van der Waals surface area contributed by atoms with E-state index >= 15 is 0 Å². The third-order valence-electron chi connectivity index (χ3n) is 2.61. The Morgan fingerprint density at radius 1 is 1.46 bits per heavy atom. The zero-order valence-electron chi connectivity index (χ0n) is 7.86. The second-order valence-corrected chi connectivity index (χ2v) is 3.64. The van der Waals surface area contributed by atoms with Crippen LogP contribution in [0.25, 0.3) is 0 Å². The molecule has 0 aromatic heterocycles. The molecule has 1 unspecified atom stereocenters. The van der Waals surface area contributed by atoms with Crippen molar-refractivity contribution in [2.75, 3.05) is 7.11 Å². The molecule has 2 heteroatoms. The normalized spacial score (nSPS) is 18.3. The van der Waals surface area contributed by atoms with Gasteiger partial charge in [-0.15, -0.1) is 0 Å². The minimum Gasteiger partial charge on any atom is -0.497 e. The van der Waals surface area contributed by atoms with Gasteiger partial charge in [0, 0.05) is 6.04 Å². The first kappa shape index (κ1) is 8.57. The predicted molar refractivity (Wildman–Crippen MR) is 52.6 cm³/mol. The van der Waals surface area contributed by atoms with Gasteiger partial charge in [-0.3, -0.25) is 0 Å². The minimum absolute atomic E-state index is 0.204. The summed E-state index contributed by atoms with van der Waals surface area (Å²) in [6.07, 6.45) is 2.55. The van der Waals surface area contributed by atoms with E-state index in [4.69, 9.17) is 10.5 Å². The van der Waals surface area contributed by atoms with Crippen LogP contribution in [-0.2, 0) is 0 Å². The highest BCUT2D eigenvalue weighted by Gasteiger charge is 2.29. The van der Waals surface area contributed by atoms with Gasteiger partial charge in [-0.25, -0.2) is 0 Å². The molecular formula is C11H15NO. The van der Waals surface area contributed by atoms with Crippen LogP contribution in [-0.4, -0.2) is 7.11 Å². The van der Waals surface area contributed by atoms with Crippen LogP contribution in [0.1, 0.15) is 24.4 Å². The second kappa shape index (κ2) is 3.38. The van der Waals surface area contributed by atoms with Crippen LogP contribution in [0.4, 0.5) is 0 Å². The lowest BCUT2D eigenvalue weighted by atomic mass is 10.0. The van der Waals surface area contributed by atoms with E-state index < -0.39 is 0 Å². The molecule has 0 radical (unpaired) electrons. The molecule has 2 rings (SSSR count). The Bertz CT molecular complexity index is 294. The molecule has 1 aliphatic rings. The summed E-state index contributed by atoms with van der Waals surface area (Å²) in [6, 6.07) is 8.25. The van der Waals surface area contributed by atoms with Gasteiger partial charge in [0.05, 0.1) is 7.11 Å². The number of hydrogen-bond acceptors (Lipinski definition) is 2. The molecule has 0 heterocycles. The first-order valence-electron chi connectivity index (χ1n) is 4.71. The molecule has 0 saturated heterocycles. The smallest absolute Gasteiger partial charge is 0.119 e. The minimum atomic E-state index is 0.204. The van der Waals surface area contributed by atoms with Crippen LogP contribution < -0.4 is 10.5 Å². The summed E-state index contributed by atoms with van der Waals surface area (Å²) < 4.78 is 5.15. The van der Waals surface area contributed by atoms with Crippen LogP contribution in [0.5, 0.6) is 5.75 Å². The molecule has 2 N–H and O–H groups in total. The quantitative estimate of drug-likeness (QED) is 0.767. The van der Waals surface area contributed by atoms with Crippen LogP contribution in [0.2, 0.25) is 0 Å². The lowest BCUT2D eigenvalue weighted by molar-refractivity contribution is 0.413. The first-order valence-corrected chi connectivity index (χ1v) is 4.71. The van der Waals surface area contributed by atoms with Crippen molar-refractivity contribution in [2.24, 2.45) is 11.7 Å². The first-order chi connectivity index (χ1) is 6.31. The average Bonchev–Trinajstić information content (AvgIpc) is 3.00. The zero-order valence-corrected chi connectivity index (χ0v) is 7.86. The van der Waals surface area contributed by atoms with Crippen molar-refractivity contribution in [2.45, 2.75) is 18.9 Å². The Balaban J connectivity index is 2.18. The highest BCUT2D eigenvalue weighted by Crippen LogP contribution is 2.39. The molecule has 1 aromatic carbocycles. The van der Waals surface area contributed by atoms with E-state index in [1.165, 1.54) is 18.4 Å². The summed E-state index contributed by atoms with van der Waals surface area (Å²) in [7, 11) is 1.68.